The van der Waals surface area contributed by atoms with Crippen LogP contribution in [0, 0.1) is 0 Å². The van der Waals surface area contributed by atoms with Gasteiger partial charge < -0.3 is 34.8 Å². The molecule has 0 saturated carbocycles. The van der Waals surface area contributed by atoms with Gasteiger partial charge in [-0.2, -0.15) is 10.2 Å². The fraction of sp³-hybridized carbons (Fsp3) is 0.714. The molecule has 2 aromatic rings. The molecule has 51 heavy (non-hydrogen) atoms. The Hall–Kier alpha value is -2.56. The summed E-state index contributed by atoms with van der Waals surface area (Å²) in [5.74, 6) is 0.382. The van der Waals surface area contributed by atoms with Gasteiger partial charge in [-0.1, -0.05) is 129 Å². The van der Waals surface area contributed by atoms with Crippen LogP contribution in [0.2, 0.25) is 0 Å². The predicted molar refractivity (Wildman–Crippen MR) is 207 cm³/mol. The minimum Gasteiger partial charge on any atom is -0.462 e. The number of aliphatic hydroxyl groups is 4. The molecule has 5 atom stereocenters. The summed E-state index contributed by atoms with van der Waals surface area (Å²) in [6.45, 7) is 6.22. The number of rotatable bonds is 28. The molecular weight excluding hydrogens is 642 g/mol. The lowest BCUT2D eigenvalue weighted by Crippen LogP contribution is -2.60. The van der Waals surface area contributed by atoms with Crippen LogP contribution < -0.4 is 9.64 Å². The monoisotopic (exact) mass is 712 g/mol. The Morgan fingerprint density at radius 1 is 0.549 bits per heavy atom. The summed E-state index contributed by atoms with van der Waals surface area (Å²) in [5, 5.41) is 48.5. The van der Waals surface area contributed by atoms with Crippen LogP contribution in [0.5, 0.6) is 5.75 Å². The Bertz CT molecular complexity index is 1140. The first kappa shape index (κ1) is 42.8. The van der Waals surface area contributed by atoms with Gasteiger partial charge in [-0.25, -0.2) is 0 Å². The van der Waals surface area contributed by atoms with Crippen LogP contribution >= 0.6 is 0 Å². The first-order valence-electron chi connectivity index (χ1n) is 20.3. The highest BCUT2D eigenvalue weighted by Gasteiger charge is 2.44. The molecule has 1 heterocycles. The van der Waals surface area contributed by atoms with Crippen LogP contribution in [0.15, 0.2) is 58.8 Å². The van der Waals surface area contributed by atoms with E-state index in [0.29, 0.717) is 11.4 Å². The van der Waals surface area contributed by atoms with Gasteiger partial charge in [0.15, 0.2) is 0 Å². The van der Waals surface area contributed by atoms with Gasteiger partial charge >= 0.3 is 0 Å². The number of ether oxygens (including phenoxy) is 2. The van der Waals surface area contributed by atoms with Gasteiger partial charge in [-0.15, -0.1) is 0 Å². The van der Waals surface area contributed by atoms with Crippen molar-refractivity contribution in [1.82, 2.24) is 0 Å². The average Bonchev–Trinajstić information content (AvgIpc) is 3.15. The van der Waals surface area contributed by atoms with Crippen molar-refractivity contribution in [2.45, 2.75) is 173 Å². The van der Waals surface area contributed by atoms with Gasteiger partial charge in [-0.05, 0) is 61.4 Å². The van der Waals surface area contributed by atoms with E-state index in [-0.39, 0.29) is 0 Å². The van der Waals surface area contributed by atoms with Gasteiger partial charge in [0.25, 0.3) is 0 Å². The van der Waals surface area contributed by atoms with E-state index < -0.39 is 37.3 Å². The fourth-order valence-electron chi connectivity index (χ4n) is 6.69. The number of aliphatic hydroxyl groups excluding tert-OH is 4. The molecule has 0 unspecified atom stereocenters. The van der Waals surface area contributed by atoms with Crippen LogP contribution in [0.1, 0.15) is 142 Å². The maximum atomic E-state index is 10.2. The van der Waals surface area contributed by atoms with Crippen LogP contribution in [0.3, 0.4) is 0 Å². The molecule has 4 N–H and O–H groups in total. The molecule has 9 heteroatoms. The van der Waals surface area contributed by atoms with E-state index in [2.05, 4.69) is 41.1 Å². The maximum Gasteiger partial charge on any atom is 0.229 e. The van der Waals surface area contributed by atoms with Crippen LogP contribution in [-0.2, 0) is 4.74 Å². The number of nitrogens with zero attached hydrogens (tertiary/aromatic N) is 3. The molecular formula is C42H69N3O6. The zero-order valence-electron chi connectivity index (χ0n) is 31.7. The first-order valence-corrected chi connectivity index (χ1v) is 20.3. The van der Waals surface area contributed by atoms with E-state index >= 15 is 0 Å². The van der Waals surface area contributed by atoms with Crippen molar-refractivity contribution in [3.05, 3.63) is 48.5 Å². The summed E-state index contributed by atoms with van der Waals surface area (Å²) >= 11 is 0. The van der Waals surface area contributed by atoms with Crippen molar-refractivity contribution < 1.29 is 29.9 Å². The Kier molecular flexibility index (Phi) is 22.0. The van der Waals surface area contributed by atoms with Gasteiger partial charge in [0.05, 0.1) is 18.0 Å². The molecule has 3 rings (SSSR count). The van der Waals surface area contributed by atoms with Crippen LogP contribution in [-0.4, -0.2) is 70.8 Å². The third-order valence-corrected chi connectivity index (χ3v) is 10.00. The second-order valence-electron chi connectivity index (χ2n) is 14.4. The summed E-state index contributed by atoms with van der Waals surface area (Å²) in [6.07, 6.45) is 20.3. The third-order valence-electron chi connectivity index (χ3n) is 10.00. The standard InChI is InChI=1S/C42H69N3O6/c1-3-5-7-9-11-13-15-17-19-21-31-45(32-22-20-18-16-14-12-10-8-6-4-2)36-27-23-34(24-28-36)43-44-35-25-29-37(30-26-35)50-42-41(49)40(48)39(47)38(33-46)51-42/h23-30,38-42,46-49H,3-22,31-33H2,1-2H3/t38-,39+,40+,41-,42-/m1/s1. The summed E-state index contributed by atoms with van der Waals surface area (Å²) in [7, 11) is 0. The molecule has 1 fully saturated rings. The zero-order chi connectivity index (χ0) is 36.5. The van der Waals surface area contributed by atoms with Crippen molar-refractivity contribution in [1.29, 1.82) is 0 Å². The molecule has 288 valence electrons. The molecule has 0 bridgehead atoms. The number of hydrogen-bond acceptors (Lipinski definition) is 9. The van der Waals surface area contributed by atoms with Gasteiger partial charge in [-0.3, -0.25) is 0 Å². The minimum atomic E-state index is -1.49. The lowest BCUT2D eigenvalue weighted by atomic mass is 9.99. The van der Waals surface area contributed by atoms with E-state index in [1.165, 1.54) is 134 Å². The van der Waals surface area contributed by atoms with Gasteiger partial charge in [0.1, 0.15) is 30.2 Å². The normalized spacial score (nSPS) is 20.6. The van der Waals surface area contributed by atoms with Crippen molar-refractivity contribution in [2.75, 3.05) is 24.6 Å². The Balaban J connectivity index is 1.47. The van der Waals surface area contributed by atoms with Crippen molar-refractivity contribution >= 4 is 17.1 Å². The molecule has 0 spiro atoms. The lowest BCUT2D eigenvalue weighted by molar-refractivity contribution is -0.277. The van der Waals surface area contributed by atoms with Gasteiger partial charge in [0.2, 0.25) is 6.29 Å². The quantitative estimate of drug-likeness (QED) is 0.0511. The number of benzene rings is 2. The molecule has 1 aliphatic rings. The fourth-order valence-corrected chi connectivity index (χ4v) is 6.69. The molecule has 9 nitrogen and oxygen atoms in total. The number of hydrogen-bond donors (Lipinski definition) is 4. The third kappa shape index (κ3) is 16.8. The zero-order valence-corrected chi connectivity index (χ0v) is 31.7. The van der Waals surface area contributed by atoms with E-state index in [1.54, 1.807) is 24.3 Å². The summed E-state index contributed by atoms with van der Waals surface area (Å²) in [5.41, 5.74) is 2.65. The molecule has 2 aromatic carbocycles. The predicted octanol–water partition coefficient (Wildman–Crippen LogP) is 9.93. The lowest BCUT2D eigenvalue weighted by Gasteiger charge is -2.39. The topological polar surface area (TPSA) is 127 Å². The first-order chi connectivity index (χ1) is 25.0. The molecule has 1 aliphatic heterocycles. The Labute approximate surface area is 308 Å². The van der Waals surface area contributed by atoms with Crippen LogP contribution in [0.25, 0.3) is 0 Å². The second-order valence-corrected chi connectivity index (χ2v) is 14.4. The molecule has 0 aliphatic carbocycles. The van der Waals surface area contributed by atoms with E-state index in [4.69, 9.17) is 9.47 Å². The van der Waals surface area contributed by atoms with E-state index in [0.717, 1.165) is 18.8 Å². The second kappa shape index (κ2) is 26.2. The van der Waals surface area contributed by atoms with Gasteiger partial charge in [0, 0.05) is 18.8 Å². The molecule has 1 saturated heterocycles. The highest BCUT2D eigenvalue weighted by molar-refractivity contribution is 5.53. The van der Waals surface area contributed by atoms with Crippen LogP contribution in [0.4, 0.5) is 17.1 Å². The van der Waals surface area contributed by atoms with Crippen molar-refractivity contribution in [3.8, 4) is 5.75 Å². The van der Waals surface area contributed by atoms with Crippen molar-refractivity contribution in [2.24, 2.45) is 10.2 Å². The maximum absolute atomic E-state index is 10.2. The molecule has 0 radical (unpaired) electrons. The number of azo groups is 1. The highest BCUT2D eigenvalue weighted by Crippen LogP contribution is 2.28. The molecule has 0 aromatic heterocycles. The summed E-state index contributed by atoms with van der Waals surface area (Å²) in [6, 6.07) is 15.2. The van der Waals surface area contributed by atoms with Crippen molar-refractivity contribution in [3.63, 3.8) is 0 Å². The minimum absolute atomic E-state index is 0.382. The summed E-state index contributed by atoms with van der Waals surface area (Å²) < 4.78 is 11.1. The summed E-state index contributed by atoms with van der Waals surface area (Å²) in [4.78, 5) is 2.56. The number of unbranched alkanes of at least 4 members (excludes halogenated alkanes) is 18. The largest absolute Gasteiger partial charge is 0.462 e. The Morgan fingerprint density at radius 3 is 1.39 bits per heavy atom. The SMILES string of the molecule is CCCCCCCCCCCCN(CCCCCCCCCCCC)c1ccc(N=Nc2ccc(O[C@@H]3O[C@H](CO)[C@H](O)[C@H](O)[C@H]3O)cc2)cc1. The van der Waals surface area contributed by atoms with E-state index in [1.807, 2.05) is 12.1 Å². The van der Waals surface area contributed by atoms with E-state index in [9.17, 15) is 20.4 Å². The number of anilines is 1. The average molecular weight is 712 g/mol. The highest BCUT2D eigenvalue weighted by atomic mass is 16.7. The smallest absolute Gasteiger partial charge is 0.229 e. The Morgan fingerprint density at radius 2 is 0.961 bits per heavy atom. The molecule has 0 amide bonds.